The molecule has 2 aromatic heterocycles. The first-order valence-electron chi connectivity index (χ1n) is 5.16. The normalized spacial score (nSPS) is 11.1. The highest BCUT2D eigenvalue weighted by atomic mass is 32.1. The Balaban J connectivity index is 2.28. The Kier molecular flexibility index (Phi) is 2.07. The van der Waals surface area contributed by atoms with Gasteiger partial charge in [-0.05, 0) is 19.9 Å². The predicted octanol–water partition coefficient (Wildman–Crippen LogP) is 4.17. The molecule has 0 amide bonds. The largest absolute Gasteiger partial charge is 0.454 e. The molecule has 1 aromatic carbocycles. The van der Waals surface area contributed by atoms with Gasteiger partial charge in [-0.1, -0.05) is 18.2 Å². The van der Waals surface area contributed by atoms with E-state index in [1.807, 2.05) is 30.5 Å². The lowest BCUT2D eigenvalue weighted by Gasteiger charge is -1.91. The van der Waals surface area contributed by atoms with E-state index in [9.17, 15) is 0 Å². The van der Waals surface area contributed by atoms with Crippen molar-refractivity contribution in [2.24, 2.45) is 0 Å². The molecule has 0 spiro atoms. The molecule has 0 fully saturated rings. The SMILES string of the molecule is Cc1nc(-c2oc3ccccc3c2C)cs1. The summed E-state index contributed by atoms with van der Waals surface area (Å²) in [6.07, 6.45) is 0. The van der Waals surface area contributed by atoms with Crippen LogP contribution in [0.15, 0.2) is 34.1 Å². The van der Waals surface area contributed by atoms with Gasteiger partial charge >= 0.3 is 0 Å². The summed E-state index contributed by atoms with van der Waals surface area (Å²) in [7, 11) is 0. The fourth-order valence-electron chi connectivity index (χ4n) is 1.89. The Morgan fingerprint density at radius 2 is 2.00 bits per heavy atom. The number of aromatic nitrogens is 1. The van der Waals surface area contributed by atoms with E-state index in [4.69, 9.17) is 4.42 Å². The van der Waals surface area contributed by atoms with E-state index in [1.54, 1.807) is 11.3 Å². The molecule has 0 saturated carbocycles. The first kappa shape index (κ1) is 9.60. The highest BCUT2D eigenvalue weighted by Crippen LogP contribution is 2.32. The van der Waals surface area contributed by atoms with E-state index in [2.05, 4.69) is 18.0 Å². The minimum absolute atomic E-state index is 0.894. The van der Waals surface area contributed by atoms with Crippen LogP contribution < -0.4 is 0 Å². The Labute approximate surface area is 97.6 Å². The summed E-state index contributed by atoms with van der Waals surface area (Å²) >= 11 is 1.65. The summed E-state index contributed by atoms with van der Waals surface area (Å²) in [4.78, 5) is 4.46. The molecule has 80 valence electrons. The van der Waals surface area contributed by atoms with Crippen LogP contribution in [0, 0.1) is 13.8 Å². The molecule has 0 atom stereocenters. The van der Waals surface area contributed by atoms with Gasteiger partial charge in [0.05, 0.1) is 5.01 Å². The van der Waals surface area contributed by atoms with E-state index in [-0.39, 0.29) is 0 Å². The average Bonchev–Trinajstić information content (AvgIpc) is 2.84. The molecule has 0 aliphatic carbocycles. The van der Waals surface area contributed by atoms with Crippen molar-refractivity contribution < 1.29 is 4.42 Å². The van der Waals surface area contributed by atoms with Crippen LogP contribution in [0.4, 0.5) is 0 Å². The molecule has 0 bridgehead atoms. The first-order valence-corrected chi connectivity index (χ1v) is 6.04. The lowest BCUT2D eigenvalue weighted by Crippen LogP contribution is -1.77. The molecule has 2 nitrogen and oxygen atoms in total. The number of thiazole rings is 1. The van der Waals surface area contributed by atoms with Crippen molar-refractivity contribution in [2.45, 2.75) is 13.8 Å². The zero-order valence-corrected chi connectivity index (χ0v) is 9.97. The topological polar surface area (TPSA) is 26.0 Å². The highest BCUT2D eigenvalue weighted by Gasteiger charge is 2.13. The standard InChI is InChI=1S/C13H11NOS/c1-8-10-5-3-4-6-12(10)15-13(8)11-7-16-9(2)14-11/h3-7H,1-2H3. The molecular formula is C13H11NOS. The lowest BCUT2D eigenvalue weighted by atomic mass is 10.1. The number of furan rings is 1. The monoisotopic (exact) mass is 229 g/mol. The molecule has 2 heterocycles. The average molecular weight is 229 g/mol. The van der Waals surface area contributed by atoms with Gasteiger partial charge in [0.2, 0.25) is 0 Å². The molecule has 0 unspecified atom stereocenters. The minimum Gasteiger partial charge on any atom is -0.454 e. The lowest BCUT2D eigenvalue weighted by molar-refractivity contribution is 0.626. The van der Waals surface area contributed by atoms with E-state index in [0.29, 0.717) is 0 Å². The van der Waals surface area contributed by atoms with Crippen molar-refractivity contribution >= 4 is 22.3 Å². The second-order valence-corrected chi connectivity index (χ2v) is 4.87. The maximum atomic E-state index is 5.84. The van der Waals surface area contributed by atoms with Crippen molar-refractivity contribution in [2.75, 3.05) is 0 Å². The fourth-order valence-corrected chi connectivity index (χ4v) is 2.48. The Morgan fingerprint density at radius 1 is 1.19 bits per heavy atom. The summed E-state index contributed by atoms with van der Waals surface area (Å²) in [5, 5.41) is 4.28. The molecule has 0 radical (unpaired) electrons. The van der Waals surface area contributed by atoms with Gasteiger partial charge in [-0.2, -0.15) is 0 Å². The van der Waals surface area contributed by atoms with Gasteiger partial charge in [0.15, 0.2) is 5.76 Å². The molecule has 3 rings (SSSR count). The number of nitrogens with zero attached hydrogens (tertiary/aromatic N) is 1. The summed E-state index contributed by atoms with van der Waals surface area (Å²) in [6, 6.07) is 8.09. The van der Waals surface area contributed by atoms with Crippen molar-refractivity contribution in [3.8, 4) is 11.5 Å². The number of aryl methyl sites for hydroxylation is 2. The minimum atomic E-state index is 0.894. The molecule has 0 saturated heterocycles. The second kappa shape index (κ2) is 3.46. The van der Waals surface area contributed by atoms with Gasteiger partial charge in [-0.3, -0.25) is 0 Å². The zero-order valence-electron chi connectivity index (χ0n) is 9.15. The number of hydrogen-bond donors (Lipinski definition) is 0. The van der Waals surface area contributed by atoms with Crippen LogP contribution in [0.5, 0.6) is 0 Å². The van der Waals surface area contributed by atoms with Gasteiger partial charge in [-0.15, -0.1) is 11.3 Å². The second-order valence-electron chi connectivity index (χ2n) is 3.80. The third-order valence-electron chi connectivity index (χ3n) is 2.70. The van der Waals surface area contributed by atoms with E-state index in [1.165, 1.54) is 10.9 Å². The summed E-state index contributed by atoms with van der Waals surface area (Å²) in [5.41, 5.74) is 3.04. The summed E-state index contributed by atoms with van der Waals surface area (Å²) in [6.45, 7) is 4.09. The molecular weight excluding hydrogens is 218 g/mol. The van der Waals surface area contributed by atoms with Gasteiger partial charge in [0.1, 0.15) is 11.3 Å². The number of hydrogen-bond acceptors (Lipinski definition) is 3. The van der Waals surface area contributed by atoms with Crippen LogP contribution in [-0.4, -0.2) is 4.98 Å². The van der Waals surface area contributed by atoms with Crippen LogP contribution in [0.1, 0.15) is 10.6 Å². The van der Waals surface area contributed by atoms with E-state index >= 15 is 0 Å². The number of benzene rings is 1. The smallest absolute Gasteiger partial charge is 0.157 e. The fraction of sp³-hybridized carbons (Fsp3) is 0.154. The maximum Gasteiger partial charge on any atom is 0.157 e. The van der Waals surface area contributed by atoms with Gasteiger partial charge in [-0.25, -0.2) is 4.98 Å². The van der Waals surface area contributed by atoms with Crippen LogP contribution in [0.2, 0.25) is 0 Å². The Bertz CT molecular complexity index is 651. The molecule has 3 heteroatoms. The van der Waals surface area contributed by atoms with Gasteiger partial charge in [0.25, 0.3) is 0 Å². The predicted molar refractivity (Wildman–Crippen MR) is 66.8 cm³/mol. The van der Waals surface area contributed by atoms with Crippen molar-refractivity contribution in [1.82, 2.24) is 4.98 Å². The van der Waals surface area contributed by atoms with Crippen LogP contribution in [0.25, 0.3) is 22.4 Å². The molecule has 3 aromatic rings. The van der Waals surface area contributed by atoms with Gasteiger partial charge in [0, 0.05) is 16.3 Å². The van der Waals surface area contributed by atoms with E-state index < -0.39 is 0 Å². The van der Waals surface area contributed by atoms with Crippen molar-refractivity contribution in [3.05, 3.63) is 40.2 Å². The Hall–Kier alpha value is -1.61. The third-order valence-corrected chi connectivity index (χ3v) is 3.47. The molecule has 0 aliphatic rings. The number of rotatable bonds is 1. The highest BCUT2D eigenvalue weighted by molar-refractivity contribution is 7.09. The number of para-hydroxylation sites is 1. The molecule has 0 aliphatic heterocycles. The zero-order chi connectivity index (χ0) is 11.1. The third kappa shape index (κ3) is 1.36. The van der Waals surface area contributed by atoms with Gasteiger partial charge < -0.3 is 4.42 Å². The van der Waals surface area contributed by atoms with Crippen molar-refractivity contribution in [3.63, 3.8) is 0 Å². The van der Waals surface area contributed by atoms with E-state index in [0.717, 1.165) is 22.0 Å². The maximum absolute atomic E-state index is 5.84. The summed E-state index contributed by atoms with van der Waals surface area (Å²) < 4.78 is 5.84. The van der Waals surface area contributed by atoms with Crippen LogP contribution >= 0.6 is 11.3 Å². The molecule has 16 heavy (non-hydrogen) atoms. The quantitative estimate of drug-likeness (QED) is 0.625. The summed E-state index contributed by atoms with van der Waals surface area (Å²) in [5.74, 6) is 0.894. The van der Waals surface area contributed by atoms with Crippen LogP contribution in [-0.2, 0) is 0 Å². The number of fused-ring (bicyclic) bond motifs is 1. The first-order chi connectivity index (χ1) is 7.75. The Morgan fingerprint density at radius 3 is 2.69 bits per heavy atom. The van der Waals surface area contributed by atoms with Crippen LogP contribution in [0.3, 0.4) is 0 Å². The van der Waals surface area contributed by atoms with Crippen molar-refractivity contribution in [1.29, 1.82) is 0 Å². The molecule has 0 N–H and O–H groups in total.